The van der Waals surface area contributed by atoms with Crippen molar-refractivity contribution in [2.45, 2.75) is 33.3 Å². The molecule has 1 heterocycles. The monoisotopic (exact) mass is 224 g/mol. The van der Waals surface area contributed by atoms with Gasteiger partial charge in [0.15, 0.2) is 0 Å². The number of aliphatic hydroxyl groups is 1. The van der Waals surface area contributed by atoms with Gasteiger partial charge in [-0.25, -0.2) is 0 Å². The van der Waals surface area contributed by atoms with Crippen molar-refractivity contribution in [3.8, 4) is 0 Å². The predicted octanol–water partition coefficient (Wildman–Crippen LogP) is 1.86. The molecule has 0 aliphatic heterocycles. The van der Waals surface area contributed by atoms with E-state index in [0.717, 1.165) is 5.69 Å². The Labute approximate surface area is 94.3 Å². The van der Waals surface area contributed by atoms with Gasteiger partial charge in [-0.2, -0.15) is 0 Å². The molecule has 5 nitrogen and oxygen atoms in total. The van der Waals surface area contributed by atoms with Gasteiger partial charge in [-0.15, -0.1) is 0 Å². The largest absolute Gasteiger partial charge is 0.392 e. The van der Waals surface area contributed by atoms with Crippen LogP contribution in [0, 0.1) is 23.0 Å². The summed E-state index contributed by atoms with van der Waals surface area (Å²) in [5.41, 5.74) is 1.05. The fraction of sp³-hybridized carbons (Fsp3) is 0.545. The van der Waals surface area contributed by atoms with E-state index >= 15 is 0 Å². The third-order valence-electron chi connectivity index (χ3n) is 2.46. The molecule has 1 unspecified atom stereocenters. The summed E-state index contributed by atoms with van der Waals surface area (Å²) in [6.07, 6.45) is -0.386. The van der Waals surface area contributed by atoms with Crippen molar-refractivity contribution in [1.82, 2.24) is 4.98 Å². The molecular formula is C11H16N2O3. The average molecular weight is 224 g/mol. The van der Waals surface area contributed by atoms with Crippen LogP contribution < -0.4 is 0 Å². The molecule has 1 aromatic heterocycles. The molecule has 0 aliphatic carbocycles. The number of aryl methyl sites for hydroxylation is 1. The minimum atomic E-state index is -0.604. The summed E-state index contributed by atoms with van der Waals surface area (Å²) in [7, 11) is 0. The van der Waals surface area contributed by atoms with Gasteiger partial charge in [0.1, 0.15) is 5.69 Å². The molecule has 1 N–H and O–H groups in total. The van der Waals surface area contributed by atoms with Gasteiger partial charge < -0.3 is 5.11 Å². The highest BCUT2D eigenvalue weighted by Gasteiger charge is 2.19. The van der Waals surface area contributed by atoms with Gasteiger partial charge >= 0.3 is 0 Å². The van der Waals surface area contributed by atoms with E-state index in [-0.39, 0.29) is 18.0 Å². The Morgan fingerprint density at radius 2 is 2.12 bits per heavy atom. The van der Waals surface area contributed by atoms with Gasteiger partial charge in [-0.1, -0.05) is 13.8 Å². The number of aromatic nitrogens is 1. The van der Waals surface area contributed by atoms with Crippen LogP contribution in [-0.2, 0) is 6.42 Å². The van der Waals surface area contributed by atoms with Crippen molar-refractivity contribution in [3.63, 3.8) is 0 Å². The van der Waals surface area contributed by atoms with Gasteiger partial charge in [0.25, 0.3) is 5.69 Å². The minimum absolute atomic E-state index is 0.0229. The van der Waals surface area contributed by atoms with E-state index in [1.165, 1.54) is 6.07 Å². The number of rotatable bonds is 4. The van der Waals surface area contributed by atoms with Crippen LogP contribution in [0.1, 0.15) is 25.2 Å². The number of hydrogen-bond acceptors (Lipinski definition) is 4. The van der Waals surface area contributed by atoms with E-state index in [9.17, 15) is 15.2 Å². The average Bonchev–Trinajstić information content (AvgIpc) is 2.16. The van der Waals surface area contributed by atoms with Gasteiger partial charge in [0.2, 0.25) is 0 Å². The van der Waals surface area contributed by atoms with Crippen molar-refractivity contribution in [2.75, 3.05) is 0 Å². The number of aliphatic hydroxyl groups excluding tert-OH is 1. The summed E-state index contributed by atoms with van der Waals surface area (Å²) in [5.74, 6) is 0.0573. The molecule has 0 amide bonds. The van der Waals surface area contributed by atoms with Crippen LogP contribution in [-0.4, -0.2) is 21.1 Å². The Bertz CT molecular complexity index is 391. The molecule has 0 bridgehead atoms. The number of hydrogen-bond donors (Lipinski definition) is 1. The first-order valence-electron chi connectivity index (χ1n) is 5.20. The lowest BCUT2D eigenvalue weighted by Crippen LogP contribution is -2.19. The van der Waals surface area contributed by atoms with Crippen LogP contribution in [0.15, 0.2) is 12.1 Å². The molecule has 88 valence electrons. The first-order valence-corrected chi connectivity index (χ1v) is 5.20. The highest BCUT2D eigenvalue weighted by Crippen LogP contribution is 2.20. The summed E-state index contributed by atoms with van der Waals surface area (Å²) in [6.45, 7) is 5.51. The maximum Gasteiger partial charge on any atom is 0.290 e. The van der Waals surface area contributed by atoms with Crippen molar-refractivity contribution in [3.05, 3.63) is 33.6 Å². The van der Waals surface area contributed by atoms with E-state index in [1.54, 1.807) is 13.0 Å². The summed E-state index contributed by atoms with van der Waals surface area (Å²) in [5, 5.41) is 20.5. The normalized spacial score (nSPS) is 12.8. The molecule has 16 heavy (non-hydrogen) atoms. The highest BCUT2D eigenvalue weighted by atomic mass is 16.6. The molecule has 0 saturated carbocycles. The lowest BCUT2D eigenvalue weighted by Gasteiger charge is -2.13. The molecule has 1 aromatic rings. The van der Waals surface area contributed by atoms with Crippen LogP contribution in [0.5, 0.6) is 0 Å². The van der Waals surface area contributed by atoms with Crippen LogP contribution in [0.2, 0.25) is 0 Å². The summed E-state index contributed by atoms with van der Waals surface area (Å²) >= 11 is 0. The molecule has 5 heteroatoms. The molecule has 0 radical (unpaired) electrons. The Hall–Kier alpha value is -1.49. The highest BCUT2D eigenvalue weighted by molar-refractivity contribution is 5.36. The molecular weight excluding hydrogens is 208 g/mol. The Balaban J connectivity index is 3.01. The SMILES string of the molecule is Cc1ccc([N+](=O)[O-])c(CC(O)C(C)C)n1. The van der Waals surface area contributed by atoms with E-state index in [0.29, 0.717) is 5.69 Å². The summed E-state index contributed by atoms with van der Waals surface area (Å²) in [4.78, 5) is 14.4. The van der Waals surface area contributed by atoms with E-state index < -0.39 is 11.0 Å². The van der Waals surface area contributed by atoms with Crippen molar-refractivity contribution >= 4 is 5.69 Å². The quantitative estimate of drug-likeness (QED) is 0.625. The van der Waals surface area contributed by atoms with Crippen molar-refractivity contribution in [2.24, 2.45) is 5.92 Å². The molecule has 0 fully saturated rings. The fourth-order valence-electron chi connectivity index (χ4n) is 1.35. The summed E-state index contributed by atoms with van der Waals surface area (Å²) in [6, 6.07) is 3.04. The zero-order valence-corrected chi connectivity index (χ0v) is 9.67. The van der Waals surface area contributed by atoms with Crippen LogP contribution in [0.3, 0.4) is 0 Å². The predicted molar refractivity (Wildman–Crippen MR) is 60.2 cm³/mol. The fourth-order valence-corrected chi connectivity index (χ4v) is 1.35. The number of nitro groups is 1. The number of pyridine rings is 1. The molecule has 1 rings (SSSR count). The minimum Gasteiger partial charge on any atom is -0.392 e. The topological polar surface area (TPSA) is 76.3 Å². The Kier molecular flexibility index (Phi) is 3.95. The lowest BCUT2D eigenvalue weighted by atomic mass is 10.0. The smallest absolute Gasteiger partial charge is 0.290 e. The molecule has 1 atom stereocenters. The van der Waals surface area contributed by atoms with E-state index in [4.69, 9.17) is 0 Å². The van der Waals surface area contributed by atoms with Crippen LogP contribution >= 0.6 is 0 Å². The zero-order valence-electron chi connectivity index (χ0n) is 9.67. The Morgan fingerprint density at radius 1 is 1.50 bits per heavy atom. The maximum absolute atomic E-state index is 10.8. The van der Waals surface area contributed by atoms with E-state index in [1.807, 2.05) is 13.8 Å². The second-order valence-electron chi connectivity index (χ2n) is 4.19. The molecule has 0 saturated heterocycles. The first kappa shape index (κ1) is 12.6. The second kappa shape index (κ2) is 5.03. The first-order chi connectivity index (χ1) is 7.41. The van der Waals surface area contributed by atoms with E-state index in [2.05, 4.69) is 4.98 Å². The van der Waals surface area contributed by atoms with Gasteiger partial charge in [0, 0.05) is 18.2 Å². The molecule has 0 spiro atoms. The maximum atomic E-state index is 10.8. The zero-order chi connectivity index (χ0) is 12.3. The summed E-state index contributed by atoms with van der Waals surface area (Å²) < 4.78 is 0. The van der Waals surface area contributed by atoms with Crippen LogP contribution in [0.25, 0.3) is 0 Å². The molecule has 0 aliphatic rings. The third kappa shape index (κ3) is 3.00. The Morgan fingerprint density at radius 3 is 2.62 bits per heavy atom. The standard InChI is InChI=1S/C11H16N2O3/c1-7(2)11(14)6-9-10(13(15)16)5-4-8(3)12-9/h4-5,7,11,14H,6H2,1-3H3. The molecule has 0 aromatic carbocycles. The van der Waals surface area contributed by atoms with Gasteiger partial charge in [-0.3, -0.25) is 15.1 Å². The van der Waals surface area contributed by atoms with Crippen molar-refractivity contribution < 1.29 is 10.0 Å². The second-order valence-corrected chi connectivity index (χ2v) is 4.19. The lowest BCUT2D eigenvalue weighted by molar-refractivity contribution is -0.386. The third-order valence-corrected chi connectivity index (χ3v) is 2.46. The number of nitrogens with zero attached hydrogens (tertiary/aromatic N) is 2. The van der Waals surface area contributed by atoms with Gasteiger partial charge in [-0.05, 0) is 18.9 Å². The van der Waals surface area contributed by atoms with Gasteiger partial charge in [0.05, 0.1) is 11.0 Å². The van der Waals surface area contributed by atoms with Crippen molar-refractivity contribution in [1.29, 1.82) is 0 Å². The van der Waals surface area contributed by atoms with Crippen LogP contribution in [0.4, 0.5) is 5.69 Å².